The minimum atomic E-state index is 0.0684. The van der Waals surface area contributed by atoms with Crippen LogP contribution in [0, 0.1) is 11.3 Å². The standard InChI is InChI=1S/C20H36N4O2/c1-5-26-17-12-16(20(17)9-6-7-10-20)23-19(21-4)22-15-8-11-24(13-15)18(25)14(2)3/h14-17H,5-13H2,1-4H3,(H2,21,22,23). The zero-order valence-corrected chi connectivity index (χ0v) is 16.9. The van der Waals surface area contributed by atoms with Crippen molar-refractivity contribution in [2.75, 3.05) is 26.7 Å². The fourth-order valence-corrected chi connectivity index (χ4v) is 5.06. The molecule has 1 saturated heterocycles. The Balaban J connectivity index is 1.54. The van der Waals surface area contributed by atoms with Crippen molar-refractivity contribution < 1.29 is 9.53 Å². The summed E-state index contributed by atoms with van der Waals surface area (Å²) in [6.45, 7) is 8.44. The third-order valence-corrected chi connectivity index (χ3v) is 6.56. The predicted molar refractivity (Wildman–Crippen MR) is 104 cm³/mol. The first kappa shape index (κ1) is 19.5. The second kappa shape index (κ2) is 8.15. The van der Waals surface area contributed by atoms with Crippen LogP contribution in [0.25, 0.3) is 0 Å². The highest BCUT2D eigenvalue weighted by atomic mass is 16.5. The van der Waals surface area contributed by atoms with E-state index >= 15 is 0 Å². The topological polar surface area (TPSA) is 66.0 Å². The van der Waals surface area contributed by atoms with Crippen LogP contribution in [0.5, 0.6) is 0 Å². The quantitative estimate of drug-likeness (QED) is 0.579. The summed E-state index contributed by atoms with van der Waals surface area (Å²) in [6, 6.07) is 0.730. The number of rotatable bonds is 5. The summed E-state index contributed by atoms with van der Waals surface area (Å²) in [4.78, 5) is 18.6. The van der Waals surface area contributed by atoms with Crippen LogP contribution < -0.4 is 10.6 Å². The van der Waals surface area contributed by atoms with Gasteiger partial charge in [0.15, 0.2) is 5.96 Å². The Hall–Kier alpha value is -1.30. The molecule has 3 aliphatic rings. The van der Waals surface area contributed by atoms with Crippen molar-refractivity contribution in [3.8, 4) is 0 Å². The van der Waals surface area contributed by atoms with Gasteiger partial charge in [-0.3, -0.25) is 9.79 Å². The van der Waals surface area contributed by atoms with Crippen LogP contribution in [0.2, 0.25) is 0 Å². The monoisotopic (exact) mass is 364 g/mol. The van der Waals surface area contributed by atoms with Crippen molar-refractivity contribution in [1.29, 1.82) is 0 Å². The van der Waals surface area contributed by atoms with Gasteiger partial charge in [-0.2, -0.15) is 0 Å². The van der Waals surface area contributed by atoms with Gasteiger partial charge in [-0.25, -0.2) is 0 Å². The molecular formula is C20H36N4O2. The van der Waals surface area contributed by atoms with Gasteiger partial charge in [0.1, 0.15) is 0 Å². The average molecular weight is 365 g/mol. The number of carbonyl (C=O) groups excluding carboxylic acids is 1. The molecule has 3 atom stereocenters. The summed E-state index contributed by atoms with van der Waals surface area (Å²) < 4.78 is 6.01. The maximum absolute atomic E-state index is 12.2. The number of amides is 1. The molecule has 1 heterocycles. The molecule has 1 amide bonds. The number of nitrogens with one attached hydrogen (secondary N) is 2. The van der Waals surface area contributed by atoms with Gasteiger partial charge in [0.2, 0.25) is 5.91 Å². The van der Waals surface area contributed by atoms with Crippen LogP contribution in [-0.2, 0) is 9.53 Å². The molecule has 0 radical (unpaired) electrons. The van der Waals surface area contributed by atoms with Gasteiger partial charge < -0.3 is 20.3 Å². The molecule has 0 bridgehead atoms. The molecule has 6 heteroatoms. The predicted octanol–water partition coefficient (Wildman–Crippen LogP) is 2.15. The minimum absolute atomic E-state index is 0.0684. The van der Waals surface area contributed by atoms with Crippen LogP contribution in [0.15, 0.2) is 4.99 Å². The summed E-state index contributed by atoms with van der Waals surface area (Å²) in [5.74, 6) is 1.19. The number of aliphatic imine (C=N–C) groups is 1. The van der Waals surface area contributed by atoms with E-state index in [-0.39, 0.29) is 17.9 Å². The van der Waals surface area contributed by atoms with Crippen molar-refractivity contribution in [3.05, 3.63) is 0 Å². The van der Waals surface area contributed by atoms with Crippen LogP contribution in [0.3, 0.4) is 0 Å². The second-order valence-corrected chi connectivity index (χ2v) is 8.46. The molecule has 6 nitrogen and oxygen atoms in total. The third kappa shape index (κ3) is 3.71. The highest BCUT2D eigenvalue weighted by molar-refractivity contribution is 5.81. The third-order valence-electron chi connectivity index (χ3n) is 6.56. The highest BCUT2D eigenvalue weighted by Gasteiger charge is 2.57. The van der Waals surface area contributed by atoms with E-state index in [1.807, 2.05) is 25.8 Å². The molecule has 0 aromatic heterocycles. The number of guanidine groups is 1. The van der Waals surface area contributed by atoms with Crippen LogP contribution in [0.1, 0.15) is 59.3 Å². The molecule has 1 aliphatic heterocycles. The SMILES string of the molecule is CCOC1CC(NC(=NC)NC2CCN(C(=O)C(C)C)C2)C12CCCC2. The summed E-state index contributed by atoms with van der Waals surface area (Å²) in [5, 5.41) is 7.22. The Labute approximate surface area is 158 Å². The molecule has 148 valence electrons. The van der Waals surface area contributed by atoms with E-state index in [4.69, 9.17) is 4.74 Å². The van der Waals surface area contributed by atoms with E-state index in [2.05, 4.69) is 22.5 Å². The van der Waals surface area contributed by atoms with Gasteiger partial charge in [0.05, 0.1) is 6.10 Å². The Kier molecular flexibility index (Phi) is 6.10. The number of hydrogen-bond acceptors (Lipinski definition) is 3. The Morgan fingerprint density at radius 1 is 1.31 bits per heavy atom. The van der Waals surface area contributed by atoms with Crippen LogP contribution in [-0.4, -0.2) is 61.7 Å². The first-order valence-corrected chi connectivity index (χ1v) is 10.4. The number of likely N-dealkylation sites (tertiary alicyclic amines) is 1. The first-order valence-electron chi connectivity index (χ1n) is 10.4. The fourth-order valence-electron chi connectivity index (χ4n) is 5.06. The van der Waals surface area contributed by atoms with Crippen molar-refractivity contribution in [1.82, 2.24) is 15.5 Å². The van der Waals surface area contributed by atoms with E-state index in [1.165, 1.54) is 25.7 Å². The summed E-state index contributed by atoms with van der Waals surface area (Å²) >= 11 is 0. The van der Waals surface area contributed by atoms with Crippen molar-refractivity contribution in [2.24, 2.45) is 16.3 Å². The lowest BCUT2D eigenvalue weighted by Gasteiger charge is -2.54. The van der Waals surface area contributed by atoms with E-state index in [0.29, 0.717) is 17.6 Å². The minimum Gasteiger partial charge on any atom is -0.378 e. The van der Waals surface area contributed by atoms with Gasteiger partial charge in [-0.1, -0.05) is 26.7 Å². The second-order valence-electron chi connectivity index (χ2n) is 8.46. The zero-order valence-electron chi connectivity index (χ0n) is 16.9. The fraction of sp³-hybridized carbons (Fsp3) is 0.900. The maximum Gasteiger partial charge on any atom is 0.225 e. The zero-order chi connectivity index (χ0) is 18.7. The molecule has 0 aromatic rings. The molecule has 3 unspecified atom stereocenters. The molecule has 0 aromatic carbocycles. The smallest absolute Gasteiger partial charge is 0.225 e. The highest BCUT2D eigenvalue weighted by Crippen LogP contribution is 2.54. The molecule has 2 N–H and O–H groups in total. The summed E-state index contributed by atoms with van der Waals surface area (Å²) in [6.07, 6.45) is 7.58. The van der Waals surface area contributed by atoms with Crippen LogP contribution >= 0.6 is 0 Å². The van der Waals surface area contributed by atoms with Gasteiger partial charge in [-0.15, -0.1) is 0 Å². The van der Waals surface area contributed by atoms with E-state index in [0.717, 1.165) is 38.5 Å². The van der Waals surface area contributed by atoms with Crippen LogP contribution in [0.4, 0.5) is 0 Å². The van der Waals surface area contributed by atoms with E-state index < -0.39 is 0 Å². The Morgan fingerprint density at radius 2 is 2.04 bits per heavy atom. The van der Waals surface area contributed by atoms with E-state index in [9.17, 15) is 4.79 Å². The average Bonchev–Trinajstić information content (AvgIpc) is 3.30. The van der Waals surface area contributed by atoms with Gasteiger partial charge >= 0.3 is 0 Å². The lowest BCUT2D eigenvalue weighted by atomic mass is 9.60. The van der Waals surface area contributed by atoms with Gasteiger partial charge in [0, 0.05) is 50.2 Å². The molecular weight excluding hydrogens is 328 g/mol. The van der Waals surface area contributed by atoms with Crippen molar-refractivity contribution >= 4 is 11.9 Å². The van der Waals surface area contributed by atoms with Crippen molar-refractivity contribution in [3.63, 3.8) is 0 Å². The molecule has 26 heavy (non-hydrogen) atoms. The summed E-state index contributed by atoms with van der Waals surface area (Å²) in [5.41, 5.74) is 0.295. The molecule has 2 saturated carbocycles. The van der Waals surface area contributed by atoms with Gasteiger partial charge in [0.25, 0.3) is 0 Å². The number of carbonyl (C=O) groups is 1. The first-order chi connectivity index (χ1) is 12.5. The Morgan fingerprint density at radius 3 is 2.65 bits per heavy atom. The largest absolute Gasteiger partial charge is 0.378 e. The lowest BCUT2D eigenvalue weighted by molar-refractivity contribution is -0.133. The molecule has 3 rings (SSSR count). The summed E-state index contributed by atoms with van der Waals surface area (Å²) in [7, 11) is 1.83. The number of hydrogen-bond donors (Lipinski definition) is 2. The normalized spacial score (nSPS) is 30.7. The molecule has 2 aliphatic carbocycles. The lowest BCUT2D eigenvalue weighted by Crippen LogP contribution is -2.65. The number of nitrogens with zero attached hydrogens (tertiary/aromatic N) is 2. The Bertz CT molecular complexity index is 528. The van der Waals surface area contributed by atoms with E-state index in [1.54, 1.807) is 0 Å². The molecule has 3 fully saturated rings. The molecule has 1 spiro atoms. The van der Waals surface area contributed by atoms with Crippen molar-refractivity contribution in [2.45, 2.75) is 77.5 Å². The van der Waals surface area contributed by atoms with Gasteiger partial charge in [-0.05, 0) is 32.6 Å². The number of ether oxygens (including phenoxy) is 1. The maximum atomic E-state index is 12.2.